The molecule has 0 spiro atoms. The van der Waals surface area contributed by atoms with Gasteiger partial charge in [0.15, 0.2) is 5.82 Å². The van der Waals surface area contributed by atoms with E-state index in [0.717, 1.165) is 42.5 Å². The Hall–Kier alpha value is -2.31. The first-order valence-corrected chi connectivity index (χ1v) is 10.0. The van der Waals surface area contributed by atoms with Crippen LogP contribution in [0.1, 0.15) is 48.5 Å². The summed E-state index contributed by atoms with van der Waals surface area (Å²) < 4.78 is 15.4. The molecule has 2 aliphatic heterocycles. The van der Waals surface area contributed by atoms with Crippen LogP contribution in [0.25, 0.3) is 11.0 Å². The molecule has 3 aromatic rings. The lowest BCUT2D eigenvalue weighted by Gasteiger charge is -2.32. The van der Waals surface area contributed by atoms with Crippen molar-refractivity contribution in [3.63, 3.8) is 0 Å². The fourth-order valence-corrected chi connectivity index (χ4v) is 4.97. The lowest BCUT2D eigenvalue weighted by atomic mass is 9.95. The van der Waals surface area contributed by atoms with E-state index >= 15 is 0 Å². The molecule has 0 aliphatic carbocycles. The Morgan fingerprint density at radius 1 is 1.25 bits per heavy atom. The lowest BCUT2D eigenvalue weighted by Crippen LogP contribution is -2.33. The largest absolute Gasteiger partial charge is 0.384 e. The summed E-state index contributed by atoms with van der Waals surface area (Å²) in [6, 6.07) is 10.1. The predicted octanol–water partition coefficient (Wildman–Crippen LogP) is 3.50. The number of alkyl halides is 1. The molecule has 1 aromatic carbocycles. The summed E-state index contributed by atoms with van der Waals surface area (Å²) in [5.41, 5.74) is 4.06. The highest BCUT2D eigenvalue weighted by Gasteiger charge is 2.37. The summed E-state index contributed by atoms with van der Waals surface area (Å²) in [7, 11) is 0. The van der Waals surface area contributed by atoms with Crippen molar-refractivity contribution in [1.82, 2.24) is 19.4 Å². The fraction of sp³-hybridized carbons (Fsp3) is 0.455. The van der Waals surface area contributed by atoms with Crippen LogP contribution in [0.4, 0.5) is 4.39 Å². The molecule has 4 heterocycles. The molecule has 0 saturated carbocycles. The molecule has 2 aliphatic rings. The van der Waals surface area contributed by atoms with E-state index in [1.165, 1.54) is 17.7 Å². The van der Waals surface area contributed by atoms with Gasteiger partial charge in [-0.3, -0.25) is 4.90 Å². The molecule has 2 aromatic heterocycles. The van der Waals surface area contributed by atoms with E-state index < -0.39 is 12.3 Å². The van der Waals surface area contributed by atoms with Crippen LogP contribution in [0.5, 0.6) is 0 Å². The Morgan fingerprint density at radius 2 is 2.07 bits per heavy atom. The molecule has 1 fully saturated rings. The van der Waals surface area contributed by atoms with E-state index in [-0.39, 0.29) is 5.82 Å². The van der Waals surface area contributed by atoms with Crippen molar-refractivity contribution >= 4 is 11.0 Å². The number of nitrogens with zero attached hydrogens (tertiary/aromatic N) is 4. The Morgan fingerprint density at radius 3 is 2.86 bits per heavy atom. The molecule has 146 valence electrons. The van der Waals surface area contributed by atoms with Gasteiger partial charge in [0, 0.05) is 30.3 Å². The predicted molar refractivity (Wildman–Crippen MR) is 106 cm³/mol. The number of aromatic nitrogens is 3. The number of halogens is 1. The van der Waals surface area contributed by atoms with Crippen LogP contribution in [0, 0.1) is 0 Å². The summed E-state index contributed by atoms with van der Waals surface area (Å²) in [6.07, 6.45) is 4.93. The zero-order valence-corrected chi connectivity index (χ0v) is 16.1. The first-order chi connectivity index (χ1) is 13.6. The van der Waals surface area contributed by atoms with Crippen LogP contribution in [0.2, 0.25) is 0 Å². The number of rotatable bonds is 4. The Kier molecular flexibility index (Phi) is 4.21. The molecule has 2 atom stereocenters. The van der Waals surface area contributed by atoms with Gasteiger partial charge in [-0.05, 0) is 31.9 Å². The minimum Gasteiger partial charge on any atom is -0.384 e. The molecule has 2 unspecified atom stereocenters. The van der Waals surface area contributed by atoms with Crippen LogP contribution in [0.15, 0.2) is 36.5 Å². The molecule has 1 N–H and O–H groups in total. The summed E-state index contributed by atoms with van der Waals surface area (Å²) in [5, 5.41) is 11.3. The van der Waals surface area contributed by atoms with E-state index in [9.17, 15) is 9.50 Å². The number of benzene rings is 1. The quantitative estimate of drug-likeness (QED) is 0.753. The summed E-state index contributed by atoms with van der Waals surface area (Å²) in [4.78, 5) is 11.3. The van der Waals surface area contributed by atoms with Crippen molar-refractivity contribution in [2.24, 2.45) is 0 Å². The van der Waals surface area contributed by atoms with Crippen LogP contribution in [0.3, 0.4) is 0 Å². The minimum absolute atomic E-state index is 0.234. The van der Waals surface area contributed by atoms with Gasteiger partial charge in [-0.2, -0.15) is 0 Å². The summed E-state index contributed by atoms with van der Waals surface area (Å²) in [6.45, 7) is 3.74. The lowest BCUT2D eigenvalue weighted by molar-refractivity contribution is 0.0383. The Balaban J connectivity index is 1.67. The molecular weight excluding hydrogens is 355 g/mol. The van der Waals surface area contributed by atoms with Gasteiger partial charge in [0.2, 0.25) is 0 Å². The normalized spacial score (nSPS) is 21.5. The number of hydrogen-bond donors (Lipinski definition) is 1. The summed E-state index contributed by atoms with van der Waals surface area (Å²) in [5.74, 6) is 0.234. The number of hydrogen-bond acceptors (Lipinski definition) is 4. The third-order valence-electron chi connectivity index (χ3n) is 6.32. The monoisotopic (exact) mass is 380 g/mol. The number of fused-ring (bicyclic) bond motifs is 5. The van der Waals surface area contributed by atoms with Gasteiger partial charge < -0.3 is 9.67 Å². The standard InChI is InChI=1S/C22H25FN4O/c1-22(28,15-6-3-2-4-7-15)14-27-17-9-11-26-10-5-8-16(26)20(17)21-18(27)13-24-19(12-23)25-21/h2-4,6-7,13,16,28H,5,8-12,14H2,1H3. The van der Waals surface area contributed by atoms with E-state index in [1.807, 2.05) is 37.3 Å². The van der Waals surface area contributed by atoms with Gasteiger partial charge in [-0.1, -0.05) is 30.3 Å². The van der Waals surface area contributed by atoms with Crippen molar-refractivity contribution in [2.45, 2.75) is 51.0 Å². The molecule has 6 heteroatoms. The average Bonchev–Trinajstić information content (AvgIpc) is 3.31. The van der Waals surface area contributed by atoms with Gasteiger partial charge in [0.05, 0.1) is 23.8 Å². The number of aliphatic hydroxyl groups is 1. The molecule has 1 saturated heterocycles. The molecule has 5 rings (SSSR count). The zero-order valence-electron chi connectivity index (χ0n) is 16.1. The van der Waals surface area contributed by atoms with E-state index in [1.54, 1.807) is 6.20 Å². The smallest absolute Gasteiger partial charge is 0.160 e. The van der Waals surface area contributed by atoms with Crippen LogP contribution < -0.4 is 0 Å². The van der Waals surface area contributed by atoms with E-state index in [2.05, 4.69) is 19.4 Å². The molecule has 5 nitrogen and oxygen atoms in total. The second-order valence-electron chi connectivity index (χ2n) is 8.18. The molecular formula is C22H25FN4O. The molecule has 0 bridgehead atoms. The Labute approximate surface area is 163 Å². The van der Waals surface area contributed by atoms with Gasteiger partial charge in [0.25, 0.3) is 0 Å². The van der Waals surface area contributed by atoms with Crippen molar-refractivity contribution in [2.75, 3.05) is 13.1 Å². The van der Waals surface area contributed by atoms with Crippen molar-refractivity contribution < 1.29 is 9.50 Å². The second-order valence-corrected chi connectivity index (χ2v) is 8.18. The van der Waals surface area contributed by atoms with Gasteiger partial charge in [-0.25, -0.2) is 14.4 Å². The zero-order chi connectivity index (χ0) is 19.3. The van der Waals surface area contributed by atoms with Gasteiger partial charge in [-0.15, -0.1) is 0 Å². The van der Waals surface area contributed by atoms with Crippen molar-refractivity contribution in [1.29, 1.82) is 0 Å². The van der Waals surface area contributed by atoms with Crippen molar-refractivity contribution in [3.05, 3.63) is 59.2 Å². The maximum atomic E-state index is 13.3. The molecule has 0 amide bonds. The highest BCUT2D eigenvalue weighted by Crippen LogP contribution is 2.43. The first-order valence-electron chi connectivity index (χ1n) is 10.0. The van der Waals surface area contributed by atoms with Crippen LogP contribution in [-0.4, -0.2) is 37.6 Å². The highest BCUT2D eigenvalue weighted by molar-refractivity contribution is 5.82. The van der Waals surface area contributed by atoms with Crippen LogP contribution in [-0.2, 0) is 25.2 Å². The highest BCUT2D eigenvalue weighted by atomic mass is 19.1. The fourth-order valence-electron chi connectivity index (χ4n) is 4.97. The molecule has 0 radical (unpaired) electrons. The SMILES string of the molecule is CC(O)(Cn1c2c(c3nc(CF)ncc31)C1CCCN1CC2)c1ccccc1. The van der Waals surface area contributed by atoms with Gasteiger partial charge in [0.1, 0.15) is 12.3 Å². The first kappa shape index (κ1) is 17.8. The maximum absolute atomic E-state index is 13.3. The third-order valence-corrected chi connectivity index (χ3v) is 6.32. The average molecular weight is 380 g/mol. The molecule has 28 heavy (non-hydrogen) atoms. The van der Waals surface area contributed by atoms with Gasteiger partial charge >= 0.3 is 0 Å². The van der Waals surface area contributed by atoms with Crippen LogP contribution >= 0.6 is 0 Å². The van der Waals surface area contributed by atoms with E-state index in [4.69, 9.17) is 0 Å². The maximum Gasteiger partial charge on any atom is 0.160 e. The minimum atomic E-state index is -1.02. The topological polar surface area (TPSA) is 54.2 Å². The summed E-state index contributed by atoms with van der Waals surface area (Å²) >= 11 is 0. The van der Waals surface area contributed by atoms with E-state index in [0.29, 0.717) is 12.6 Å². The Bertz CT molecular complexity index is 1010. The third kappa shape index (κ3) is 2.74. The second kappa shape index (κ2) is 6.64. The van der Waals surface area contributed by atoms with Crippen molar-refractivity contribution in [3.8, 4) is 0 Å².